The molecule has 3 rings (SSSR count). The van der Waals surface area contributed by atoms with Gasteiger partial charge in [-0.1, -0.05) is 0 Å². The second-order valence-corrected chi connectivity index (χ2v) is 4.79. The maximum absolute atomic E-state index is 13.9. The van der Waals surface area contributed by atoms with Gasteiger partial charge >= 0.3 is 0 Å². The molecule has 0 bridgehead atoms. The molecule has 0 saturated carbocycles. The molecule has 1 aliphatic rings. The average molecular weight is 262 g/mol. The van der Waals surface area contributed by atoms with Crippen LogP contribution >= 0.6 is 0 Å². The number of hydrogen-bond acceptors (Lipinski definition) is 3. The molecule has 2 aromatic rings. The molecular formula is C14H15FN2O2. The summed E-state index contributed by atoms with van der Waals surface area (Å²) in [6.07, 6.45) is 5.41. The molecule has 0 spiro atoms. The van der Waals surface area contributed by atoms with E-state index in [1.165, 1.54) is 12.3 Å². The van der Waals surface area contributed by atoms with Crippen LogP contribution in [0, 0.1) is 5.82 Å². The summed E-state index contributed by atoms with van der Waals surface area (Å²) in [6, 6.07) is 3.21. The van der Waals surface area contributed by atoms with E-state index in [2.05, 4.69) is 5.10 Å². The van der Waals surface area contributed by atoms with Crippen LogP contribution in [0.5, 0.6) is 0 Å². The van der Waals surface area contributed by atoms with E-state index in [0.717, 1.165) is 25.5 Å². The lowest BCUT2D eigenvalue weighted by atomic mass is 10.1. The van der Waals surface area contributed by atoms with Crippen molar-refractivity contribution in [1.29, 1.82) is 0 Å². The van der Waals surface area contributed by atoms with Crippen LogP contribution < -0.4 is 0 Å². The maximum atomic E-state index is 13.9. The number of aldehydes is 1. The summed E-state index contributed by atoms with van der Waals surface area (Å²) in [4.78, 5) is 10.6. The minimum absolute atomic E-state index is 0.128. The van der Waals surface area contributed by atoms with Crippen molar-refractivity contribution < 1.29 is 13.9 Å². The topological polar surface area (TPSA) is 44.1 Å². The van der Waals surface area contributed by atoms with Crippen LogP contribution in [0.25, 0.3) is 10.9 Å². The van der Waals surface area contributed by atoms with E-state index in [1.807, 2.05) is 6.07 Å². The van der Waals surface area contributed by atoms with Crippen LogP contribution in [0.2, 0.25) is 0 Å². The van der Waals surface area contributed by atoms with Gasteiger partial charge in [-0.25, -0.2) is 9.07 Å². The van der Waals surface area contributed by atoms with Gasteiger partial charge in [0, 0.05) is 13.0 Å². The van der Waals surface area contributed by atoms with Gasteiger partial charge in [0.1, 0.15) is 12.1 Å². The number of fused-ring (bicyclic) bond motifs is 1. The van der Waals surface area contributed by atoms with E-state index in [1.54, 1.807) is 4.68 Å². The second-order valence-electron chi connectivity index (χ2n) is 4.79. The summed E-state index contributed by atoms with van der Waals surface area (Å²) in [5.74, 6) is -0.337. The number of halogens is 1. The third-order valence-electron chi connectivity index (χ3n) is 3.47. The van der Waals surface area contributed by atoms with Crippen molar-refractivity contribution in [2.75, 3.05) is 6.61 Å². The molecule has 0 amide bonds. The summed E-state index contributed by atoms with van der Waals surface area (Å²) >= 11 is 0. The number of benzene rings is 1. The van der Waals surface area contributed by atoms with E-state index in [9.17, 15) is 9.18 Å². The van der Waals surface area contributed by atoms with E-state index in [-0.39, 0.29) is 18.5 Å². The Morgan fingerprint density at radius 2 is 2.37 bits per heavy atom. The predicted octanol–water partition coefficient (Wildman–Crippen LogP) is 2.62. The number of ether oxygens (including phenoxy) is 1. The van der Waals surface area contributed by atoms with E-state index in [0.29, 0.717) is 23.1 Å². The monoisotopic (exact) mass is 262 g/mol. The molecule has 100 valence electrons. The van der Waals surface area contributed by atoms with Gasteiger partial charge in [-0.2, -0.15) is 5.10 Å². The summed E-state index contributed by atoms with van der Waals surface area (Å²) < 4.78 is 21.3. The minimum Gasteiger partial charge on any atom is -0.356 e. The summed E-state index contributed by atoms with van der Waals surface area (Å²) in [6.45, 7) is 0.711. The van der Waals surface area contributed by atoms with Crippen LogP contribution in [0.4, 0.5) is 4.39 Å². The van der Waals surface area contributed by atoms with Crippen LogP contribution in [-0.2, 0) is 16.0 Å². The van der Waals surface area contributed by atoms with Gasteiger partial charge < -0.3 is 9.53 Å². The highest BCUT2D eigenvalue weighted by Gasteiger charge is 2.19. The van der Waals surface area contributed by atoms with Crippen molar-refractivity contribution in [3.05, 3.63) is 29.7 Å². The number of hydrogen-bond donors (Lipinski definition) is 0. The summed E-state index contributed by atoms with van der Waals surface area (Å²) in [7, 11) is 0. The van der Waals surface area contributed by atoms with Gasteiger partial charge in [0.05, 0.1) is 17.1 Å². The van der Waals surface area contributed by atoms with Crippen molar-refractivity contribution >= 4 is 17.2 Å². The molecule has 0 aliphatic carbocycles. The molecule has 4 nitrogen and oxygen atoms in total. The Bertz CT molecular complexity index is 603. The number of rotatable bonds is 3. The quantitative estimate of drug-likeness (QED) is 0.799. The summed E-state index contributed by atoms with van der Waals surface area (Å²) in [5.41, 5.74) is 1.36. The van der Waals surface area contributed by atoms with Crippen molar-refractivity contribution in [3.63, 3.8) is 0 Å². The van der Waals surface area contributed by atoms with Gasteiger partial charge in [-0.3, -0.25) is 0 Å². The zero-order valence-electron chi connectivity index (χ0n) is 10.5. The Morgan fingerprint density at radius 3 is 3.11 bits per heavy atom. The first-order valence-electron chi connectivity index (χ1n) is 6.50. The molecule has 2 heterocycles. The van der Waals surface area contributed by atoms with Crippen LogP contribution in [0.1, 0.15) is 31.1 Å². The first-order chi connectivity index (χ1) is 9.29. The van der Waals surface area contributed by atoms with Gasteiger partial charge in [0.25, 0.3) is 0 Å². The fourth-order valence-electron chi connectivity index (χ4n) is 2.52. The molecule has 1 aliphatic heterocycles. The normalized spacial score (nSPS) is 19.7. The third-order valence-corrected chi connectivity index (χ3v) is 3.47. The smallest absolute Gasteiger partial charge is 0.150 e. The largest absolute Gasteiger partial charge is 0.356 e. The Balaban J connectivity index is 2.06. The fraction of sp³-hybridized carbons (Fsp3) is 0.429. The van der Waals surface area contributed by atoms with Crippen molar-refractivity contribution in [2.24, 2.45) is 0 Å². The van der Waals surface area contributed by atoms with E-state index in [4.69, 9.17) is 4.74 Å². The van der Waals surface area contributed by atoms with Crippen molar-refractivity contribution in [3.8, 4) is 0 Å². The number of carbonyl (C=O) groups is 1. The van der Waals surface area contributed by atoms with Crippen LogP contribution in [0.15, 0.2) is 18.3 Å². The highest BCUT2D eigenvalue weighted by molar-refractivity contribution is 5.80. The van der Waals surface area contributed by atoms with Crippen molar-refractivity contribution in [2.45, 2.75) is 31.9 Å². The fourth-order valence-corrected chi connectivity index (χ4v) is 2.52. The van der Waals surface area contributed by atoms with Gasteiger partial charge in [-0.15, -0.1) is 0 Å². The molecule has 1 aromatic heterocycles. The Kier molecular flexibility index (Phi) is 3.29. The molecule has 0 radical (unpaired) electrons. The molecule has 0 N–H and O–H groups in total. The predicted molar refractivity (Wildman–Crippen MR) is 68.3 cm³/mol. The molecule has 19 heavy (non-hydrogen) atoms. The molecule has 1 unspecified atom stereocenters. The lowest BCUT2D eigenvalue weighted by molar-refractivity contribution is -0.107. The van der Waals surface area contributed by atoms with Crippen LogP contribution in [-0.4, -0.2) is 22.7 Å². The summed E-state index contributed by atoms with van der Waals surface area (Å²) in [5, 5.41) is 4.72. The Morgan fingerprint density at radius 1 is 1.47 bits per heavy atom. The van der Waals surface area contributed by atoms with Gasteiger partial charge in [0.15, 0.2) is 6.23 Å². The van der Waals surface area contributed by atoms with Gasteiger partial charge in [0.2, 0.25) is 0 Å². The highest BCUT2D eigenvalue weighted by atomic mass is 19.1. The molecule has 1 saturated heterocycles. The van der Waals surface area contributed by atoms with Crippen molar-refractivity contribution in [1.82, 2.24) is 9.78 Å². The Labute approximate surface area is 110 Å². The number of carbonyl (C=O) groups excluding carboxylic acids is 1. The SMILES string of the molecule is O=CCc1cc(F)c2cnn(C3CCCCO3)c2c1. The lowest BCUT2D eigenvalue weighted by Crippen LogP contribution is -2.19. The van der Waals surface area contributed by atoms with Gasteiger partial charge in [-0.05, 0) is 37.0 Å². The Hall–Kier alpha value is -1.75. The van der Waals surface area contributed by atoms with Crippen LogP contribution in [0.3, 0.4) is 0 Å². The minimum atomic E-state index is -0.337. The zero-order valence-corrected chi connectivity index (χ0v) is 10.5. The molecule has 1 atom stereocenters. The number of nitrogens with zero attached hydrogens (tertiary/aromatic N) is 2. The first kappa shape index (κ1) is 12.3. The molecular weight excluding hydrogens is 247 g/mol. The molecule has 1 aromatic carbocycles. The third kappa shape index (κ3) is 2.26. The van der Waals surface area contributed by atoms with E-state index >= 15 is 0 Å². The molecule has 5 heteroatoms. The second kappa shape index (κ2) is 5.09. The average Bonchev–Trinajstić information content (AvgIpc) is 2.84. The zero-order chi connectivity index (χ0) is 13.2. The maximum Gasteiger partial charge on any atom is 0.150 e. The number of aromatic nitrogens is 2. The molecule has 1 fully saturated rings. The first-order valence-corrected chi connectivity index (χ1v) is 6.50. The lowest BCUT2D eigenvalue weighted by Gasteiger charge is -2.23. The van der Waals surface area contributed by atoms with E-state index < -0.39 is 0 Å². The highest BCUT2D eigenvalue weighted by Crippen LogP contribution is 2.28. The standard InChI is InChI=1S/C14H15FN2O2/c15-12-7-10(4-5-18)8-13-11(12)9-16-17(13)14-3-1-2-6-19-14/h5,7-9,14H,1-4,6H2.